The van der Waals surface area contributed by atoms with E-state index in [1.807, 2.05) is 0 Å². The molecule has 0 amide bonds. The number of aliphatic hydroxyl groups excluding tert-OH is 1. The lowest BCUT2D eigenvalue weighted by atomic mass is 10.0. The van der Waals surface area contributed by atoms with Crippen LogP contribution >= 0.6 is 12.4 Å². The van der Waals surface area contributed by atoms with Gasteiger partial charge in [-0.3, -0.25) is 0 Å². The Morgan fingerprint density at radius 3 is 2.50 bits per heavy atom. The maximum Gasteiger partial charge on any atom is 0.153 e. The molecule has 1 saturated heterocycles. The molecule has 1 aliphatic rings. The highest BCUT2D eigenvalue weighted by Gasteiger charge is 2.42. The molecule has 0 bridgehead atoms. The minimum atomic E-state index is -2.98. The van der Waals surface area contributed by atoms with Gasteiger partial charge >= 0.3 is 0 Å². The number of rotatable bonds is 4. The van der Waals surface area contributed by atoms with E-state index in [0.717, 1.165) is 0 Å². The smallest absolute Gasteiger partial charge is 0.153 e. The predicted octanol–water partition coefficient (Wildman–Crippen LogP) is -1.07. The summed E-state index contributed by atoms with van der Waals surface area (Å²) in [6.07, 6.45) is 0.436. The summed E-state index contributed by atoms with van der Waals surface area (Å²) in [5, 5.41) is 8.55. The van der Waals surface area contributed by atoms with Crippen LogP contribution in [-0.2, 0) is 14.6 Å². The highest BCUT2D eigenvalue weighted by Crippen LogP contribution is 2.26. The van der Waals surface area contributed by atoms with Gasteiger partial charge in [0.05, 0.1) is 30.3 Å². The molecule has 86 valence electrons. The molecule has 1 heterocycles. The Hall–Kier alpha value is 0.120. The van der Waals surface area contributed by atoms with Crippen LogP contribution in [0.25, 0.3) is 0 Å². The first-order valence-corrected chi connectivity index (χ1v) is 6.01. The van der Waals surface area contributed by atoms with Crippen molar-refractivity contribution in [3.05, 3.63) is 0 Å². The number of aliphatic hydroxyl groups is 1. The van der Waals surface area contributed by atoms with Gasteiger partial charge < -0.3 is 15.6 Å². The molecule has 3 N–H and O–H groups in total. The molecule has 7 heteroatoms. The summed E-state index contributed by atoms with van der Waals surface area (Å²) in [7, 11) is -2.98. The van der Waals surface area contributed by atoms with Gasteiger partial charge in [-0.2, -0.15) is 0 Å². The van der Waals surface area contributed by atoms with Crippen molar-refractivity contribution in [2.24, 2.45) is 5.73 Å². The molecule has 0 aromatic carbocycles. The number of sulfone groups is 1. The summed E-state index contributed by atoms with van der Waals surface area (Å²) in [5.41, 5.74) is 4.71. The predicted molar refractivity (Wildman–Crippen MR) is 55.3 cm³/mol. The van der Waals surface area contributed by atoms with Crippen LogP contribution in [0.15, 0.2) is 0 Å². The lowest BCUT2D eigenvalue weighted by Crippen LogP contribution is -2.42. The molecule has 5 nitrogen and oxygen atoms in total. The average Bonchev–Trinajstić information content (AvgIpc) is 2.40. The first kappa shape index (κ1) is 14.1. The minimum Gasteiger partial charge on any atom is -0.394 e. The van der Waals surface area contributed by atoms with E-state index in [1.165, 1.54) is 0 Å². The van der Waals surface area contributed by atoms with E-state index in [-0.39, 0.29) is 43.7 Å². The Bertz CT molecular complexity index is 269. The first-order valence-electron chi connectivity index (χ1n) is 4.19. The number of halogens is 1. The summed E-state index contributed by atoms with van der Waals surface area (Å²) in [6, 6.07) is 0. The third kappa shape index (κ3) is 3.36. The van der Waals surface area contributed by atoms with Crippen LogP contribution in [0.2, 0.25) is 0 Å². The Morgan fingerprint density at radius 2 is 2.14 bits per heavy atom. The summed E-state index contributed by atoms with van der Waals surface area (Å²) < 4.78 is 27.6. The van der Waals surface area contributed by atoms with E-state index >= 15 is 0 Å². The molecule has 1 rings (SSSR count). The number of hydrogen-bond acceptors (Lipinski definition) is 5. The largest absolute Gasteiger partial charge is 0.394 e. The molecule has 1 aliphatic heterocycles. The van der Waals surface area contributed by atoms with Crippen molar-refractivity contribution in [2.45, 2.75) is 12.0 Å². The van der Waals surface area contributed by atoms with Gasteiger partial charge in [0.25, 0.3) is 0 Å². The fraction of sp³-hybridized carbons (Fsp3) is 1.00. The minimum absolute atomic E-state index is 0. The highest BCUT2D eigenvalue weighted by atomic mass is 35.5. The van der Waals surface area contributed by atoms with Crippen LogP contribution in [0.3, 0.4) is 0 Å². The fourth-order valence-electron chi connectivity index (χ4n) is 1.48. The average molecular weight is 246 g/mol. The summed E-state index contributed by atoms with van der Waals surface area (Å²) in [6.45, 7) is 0.223. The van der Waals surface area contributed by atoms with Crippen LogP contribution in [0.5, 0.6) is 0 Å². The van der Waals surface area contributed by atoms with Crippen molar-refractivity contribution in [2.75, 3.05) is 31.3 Å². The quantitative estimate of drug-likeness (QED) is 0.659. The highest BCUT2D eigenvalue weighted by molar-refractivity contribution is 7.91. The lowest BCUT2D eigenvalue weighted by molar-refractivity contribution is -0.0340. The van der Waals surface area contributed by atoms with Crippen LogP contribution in [0, 0.1) is 0 Å². The van der Waals surface area contributed by atoms with Gasteiger partial charge in [0.15, 0.2) is 9.84 Å². The van der Waals surface area contributed by atoms with Gasteiger partial charge in [0.2, 0.25) is 0 Å². The molecule has 0 aromatic heterocycles. The molecule has 1 atom stereocenters. The van der Waals surface area contributed by atoms with Gasteiger partial charge in [-0.1, -0.05) is 0 Å². The SMILES string of the molecule is Cl.NCC1(OCCO)CCS(=O)(=O)C1. The lowest BCUT2D eigenvalue weighted by Gasteiger charge is -2.25. The van der Waals surface area contributed by atoms with Gasteiger partial charge in [0.1, 0.15) is 0 Å². The van der Waals surface area contributed by atoms with Crippen molar-refractivity contribution in [1.29, 1.82) is 0 Å². The van der Waals surface area contributed by atoms with Crippen molar-refractivity contribution < 1.29 is 18.3 Å². The molecule has 0 aliphatic carbocycles. The first-order chi connectivity index (χ1) is 6.04. The van der Waals surface area contributed by atoms with Crippen molar-refractivity contribution >= 4 is 22.2 Å². The molecule has 0 radical (unpaired) electrons. The molecule has 0 saturated carbocycles. The third-order valence-electron chi connectivity index (χ3n) is 2.22. The Balaban J connectivity index is 0.00000169. The maximum absolute atomic E-state index is 11.2. The van der Waals surface area contributed by atoms with E-state index in [2.05, 4.69) is 0 Å². The molecule has 1 unspecified atom stereocenters. The summed E-state index contributed by atoms with van der Waals surface area (Å²) in [5.74, 6) is 0.117. The molecule has 0 aromatic rings. The second-order valence-electron chi connectivity index (χ2n) is 3.30. The van der Waals surface area contributed by atoms with Crippen LogP contribution in [-0.4, -0.2) is 50.4 Å². The maximum atomic E-state index is 11.2. The zero-order valence-electron chi connectivity index (χ0n) is 7.81. The zero-order chi connectivity index (χ0) is 9.95. The summed E-state index contributed by atoms with van der Waals surface area (Å²) in [4.78, 5) is 0. The monoisotopic (exact) mass is 245 g/mol. The van der Waals surface area contributed by atoms with E-state index < -0.39 is 15.4 Å². The van der Waals surface area contributed by atoms with E-state index in [4.69, 9.17) is 15.6 Å². The molecule has 1 fully saturated rings. The number of hydrogen-bond donors (Lipinski definition) is 2. The molecule has 14 heavy (non-hydrogen) atoms. The third-order valence-corrected chi connectivity index (χ3v) is 4.02. The van der Waals surface area contributed by atoms with Crippen LogP contribution in [0.4, 0.5) is 0 Å². The van der Waals surface area contributed by atoms with E-state index in [9.17, 15) is 8.42 Å². The Labute approximate surface area is 89.9 Å². The zero-order valence-corrected chi connectivity index (χ0v) is 9.44. The second-order valence-corrected chi connectivity index (χ2v) is 5.49. The Kier molecular flexibility index (Phi) is 5.32. The van der Waals surface area contributed by atoms with Crippen LogP contribution in [0.1, 0.15) is 6.42 Å². The number of ether oxygens (including phenoxy) is 1. The normalized spacial score (nSPS) is 29.9. The van der Waals surface area contributed by atoms with Crippen molar-refractivity contribution in [1.82, 2.24) is 0 Å². The topological polar surface area (TPSA) is 89.6 Å². The standard InChI is InChI=1S/C7H15NO4S.ClH/c8-5-7(12-3-2-9)1-4-13(10,11)6-7;/h9H,1-6,8H2;1H. The Morgan fingerprint density at radius 1 is 1.50 bits per heavy atom. The summed E-state index contributed by atoms with van der Waals surface area (Å²) >= 11 is 0. The molecule has 0 spiro atoms. The van der Waals surface area contributed by atoms with Crippen molar-refractivity contribution in [3.8, 4) is 0 Å². The van der Waals surface area contributed by atoms with E-state index in [1.54, 1.807) is 0 Å². The molecular weight excluding hydrogens is 230 g/mol. The van der Waals surface area contributed by atoms with Gasteiger partial charge in [-0.25, -0.2) is 8.42 Å². The molecular formula is C7H16ClNO4S. The fourth-order valence-corrected chi connectivity index (χ4v) is 3.46. The van der Waals surface area contributed by atoms with Gasteiger partial charge in [0, 0.05) is 6.54 Å². The second kappa shape index (κ2) is 5.27. The van der Waals surface area contributed by atoms with Gasteiger partial charge in [-0.05, 0) is 6.42 Å². The van der Waals surface area contributed by atoms with E-state index in [0.29, 0.717) is 6.42 Å². The van der Waals surface area contributed by atoms with Crippen molar-refractivity contribution in [3.63, 3.8) is 0 Å². The number of nitrogens with two attached hydrogens (primary N) is 1. The van der Waals surface area contributed by atoms with Crippen LogP contribution < -0.4 is 5.73 Å². The van der Waals surface area contributed by atoms with Gasteiger partial charge in [-0.15, -0.1) is 12.4 Å².